The predicted octanol–water partition coefficient (Wildman–Crippen LogP) is 2.72. The maximum atomic E-state index is 12.8. The van der Waals surface area contributed by atoms with Crippen molar-refractivity contribution in [1.82, 2.24) is 19.5 Å². The third-order valence-electron chi connectivity index (χ3n) is 3.96. The first-order valence-electron chi connectivity index (χ1n) is 7.79. The summed E-state index contributed by atoms with van der Waals surface area (Å²) in [7, 11) is 0. The average Bonchev–Trinajstić information content (AvgIpc) is 2.98. The number of aromatic amines is 1. The lowest BCUT2D eigenvalue weighted by Crippen LogP contribution is -2.21. The second kappa shape index (κ2) is 5.81. The molecule has 3 aromatic heterocycles. The van der Waals surface area contributed by atoms with Crippen LogP contribution in [0.1, 0.15) is 12.5 Å². The topological polar surface area (TPSA) is 72.8 Å². The van der Waals surface area contributed by atoms with E-state index in [4.69, 9.17) is 4.74 Å². The number of ether oxygens (including phenoxy) is 1. The first-order valence-corrected chi connectivity index (χ1v) is 7.79. The summed E-state index contributed by atoms with van der Waals surface area (Å²) in [5, 5.41) is 0.893. The van der Waals surface area contributed by atoms with Gasteiger partial charge in [0.05, 0.1) is 19.5 Å². The van der Waals surface area contributed by atoms with Crippen molar-refractivity contribution in [3.63, 3.8) is 0 Å². The second-order valence-electron chi connectivity index (χ2n) is 5.52. The van der Waals surface area contributed by atoms with Gasteiger partial charge in [-0.25, -0.2) is 4.98 Å². The summed E-state index contributed by atoms with van der Waals surface area (Å²) < 4.78 is 7.13. The van der Waals surface area contributed by atoms with Gasteiger partial charge in [-0.3, -0.25) is 14.3 Å². The predicted molar refractivity (Wildman–Crippen MR) is 92.4 cm³/mol. The van der Waals surface area contributed by atoms with Crippen molar-refractivity contribution >= 4 is 21.9 Å². The third kappa shape index (κ3) is 2.42. The molecule has 6 heteroatoms. The Morgan fingerprint density at radius 3 is 2.83 bits per heavy atom. The molecule has 0 aliphatic heterocycles. The van der Waals surface area contributed by atoms with Crippen molar-refractivity contribution in [2.45, 2.75) is 13.5 Å². The van der Waals surface area contributed by atoms with Gasteiger partial charge in [0, 0.05) is 23.3 Å². The van der Waals surface area contributed by atoms with E-state index in [2.05, 4.69) is 15.0 Å². The Hall–Kier alpha value is -3.15. The minimum Gasteiger partial charge on any atom is -0.494 e. The monoisotopic (exact) mass is 320 g/mol. The minimum absolute atomic E-state index is 0.0917. The van der Waals surface area contributed by atoms with E-state index in [1.165, 1.54) is 0 Å². The maximum absolute atomic E-state index is 12.8. The summed E-state index contributed by atoms with van der Waals surface area (Å²) in [5.74, 6) is 0.772. The molecule has 4 rings (SSSR count). The van der Waals surface area contributed by atoms with E-state index in [9.17, 15) is 4.79 Å². The molecule has 3 heterocycles. The first kappa shape index (κ1) is 14.4. The molecule has 0 saturated carbocycles. The Bertz CT molecular complexity index is 1070. The van der Waals surface area contributed by atoms with E-state index in [1.54, 1.807) is 23.3 Å². The van der Waals surface area contributed by atoms with E-state index >= 15 is 0 Å². The summed E-state index contributed by atoms with van der Waals surface area (Å²) in [6, 6.07) is 9.48. The van der Waals surface area contributed by atoms with Crippen molar-refractivity contribution in [2.24, 2.45) is 0 Å². The molecule has 0 radical (unpaired) electrons. The molecular weight excluding hydrogens is 304 g/mol. The summed E-state index contributed by atoms with van der Waals surface area (Å²) in [4.78, 5) is 24.4. The summed E-state index contributed by atoms with van der Waals surface area (Å²) in [6.45, 7) is 3.00. The summed E-state index contributed by atoms with van der Waals surface area (Å²) >= 11 is 0. The van der Waals surface area contributed by atoms with Crippen molar-refractivity contribution < 1.29 is 4.74 Å². The largest absolute Gasteiger partial charge is 0.494 e. The Kier molecular flexibility index (Phi) is 3.49. The average molecular weight is 320 g/mol. The highest BCUT2D eigenvalue weighted by atomic mass is 16.5. The van der Waals surface area contributed by atoms with Gasteiger partial charge in [-0.1, -0.05) is 0 Å². The molecule has 0 saturated heterocycles. The van der Waals surface area contributed by atoms with Crippen LogP contribution in [0.3, 0.4) is 0 Å². The van der Waals surface area contributed by atoms with Gasteiger partial charge >= 0.3 is 0 Å². The van der Waals surface area contributed by atoms with Crippen LogP contribution in [0, 0.1) is 0 Å². The fraction of sp³-hybridized carbons (Fsp3) is 0.167. The van der Waals surface area contributed by atoms with Crippen molar-refractivity contribution in [3.8, 4) is 5.75 Å². The van der Waals surface area contributed by atoms with Gasteiger partial charge < -0.3 is 9.72 Å². The molecule has 0 atom stereocenters. The molecule has 0 fully saturated rings. The van der Waals surface area contributed by atoms with E-state index in [0.29, 0.717) is 24.2 Å². The Morgan fingerprint density at radius 2 is 2.04 bits per heavy atom. The Balaban J connectivity index is 1.84. The number of pyridine rings is 1. The van der Waals surface area contributed by atoms with E-state index < -0.39 is 0 Å². The zero-order chi connectivity index (χ0) is 16.5. The molecule has 0 aliphatic rings. The van der Waals surface area contributed by atoms with Gasteiger partial charge in [0.1, 0.15) is 16.8 Å². The molecular formula is C18H16N4O2. The second-order valence-corrected chi connectivity index (χ2v) is 5.52. The quantitative estimate of drug-likeness (QED) is 0.627. The summed E-state index contributed by atoms with van der Waals surface area (Å²) in [6.07, 6.45) is 5.01. The number of aromatic nitrogens is 4. The lowest BCUT2D eigenvalue weighted by molar-refractivity contribution is 0.341. The molecule has 0 bridgehead atoms. The number of hydrogen-bond acceptors (Lipinski definition) is 4. The molecule has 0 spiro atoms. The Labute approximate surface area is 137 Å². The van der Waals surface area contributed by atoms with E-state index in [0.717, 1.165) is 22.2 Å². The lowest BCUT2D eigenvalue weighted by Gasteiger charge is -2.05. The molecule has 0 unspecified atom stereocenters. The van der Waals surface area contributed by atoms with Crippen LogP contribution in [0.5, 0.6) is 5.75 Å². The fourth-order valence-electron chi connectivity index (χ4n) is 2.82. The van der Waals surface area contributed by atoms with Gasteiger partial charge in [0.2, 0.25) is 0 Å². The highest BCUT2D eigenvalue weighted by Gasteiger charge is 2.12. The molecule has 1 aromatic carbocycles. The van der Waals surface area contributed by atoms with Crippen LogP contribution in [-0.2, 0) is 6.54 Å². The molecule has 120 valence electrons. The maximum Gasteiger partial charge on any atom is 0.277 e. The number of fused-ring (bicyclic) bond motifs is 3. The number of rotatable bonds is 4. The highest BCUT2D eigenvalue weighted by molar-refractivity contribution is 6.04. The third-order valence-corrected chi connectivity index (χ3v) is 3.96. The van der Waals surface area contributed by atoms with Gasteiger partial charge in [-0.2, -0.15) is 0 Å². The summed E-state index contributed by atoms with van der Waals surface area (Å²) in [5.41, 5.74) is 2.96. The number of benzene rings is 1. The van der Waals surface area contributed by atoms with Crippen LogP contribution >= 0.6 is 0 Å². The zero-order valence-electron chi connectivity index (χ0n) is 13.2. The molecule has 6 nitrogen and oxygen atoms in total. The molecule has 0 aliphatic carbocycles. The van der Waals surface area contributed by atoms with E-state index in [1.807, 2.05) is 37.3 Å². The van der Waals surface area contributed by atoms with Crippen LogP contribution in [0.4, 0.5) is 0 Å². The highest BCUT2D eigenvalue weighted by Crippen LogP contribution is 2.25. The SMILES string of the molecule is CCOc1ccc2[nH]c3c(=O)n(Cc4ccncc4)cnc3c2c1. The molecule has 1 N–H and O–H groups in total. The Morgan fingerprint density at radius 1 is 1.21 bits per heavy atom. The molecule has 0 amide bonds. The number of nitrogens with zero attached hydrogens (tertiary/aromatic N) is 3. The number of hydrogen-bond donors (Lipinski definition) is 1. The van der Waals surface area contributed by atoms with Gasteiger partial charge in [-0.15, -0.1) is 0 Å². The molecule has 4 aromatic rings. The van der Waals surface area contributed by atoms with E-state index in [-0.39, 0.29) is 5.56 Å². The van der Waals surface area contributed by atoms with Crippen LogP contribution in [-0.4, -0.2) is 26.1 Å². The van der Waals surface area contributed by atoms with Gasteiger partial charge in [-0.05, 0) is 42.8 Å². The molecule has 24 heavy (non-hydrogen) atoms. The van der Waals surface area contributed by atoms with Crippen LogP contribution in [0.2, 0.25) is 0 Å². The first-order chi connectivity index (χ1) is 11.8. The smallest absolute Gasteiger partial charge is 0.277 e. The van der Waals surface area contributed by atoms with Crippen molar-refractivity contribution in [2.75, 3.05) is 6.61 Å². The van der Waals surface area contributed by atoms with Crippen LogP contribution < -0.4 is 10.3 Å². The lowest BCUT2D eigenvalue weighted by atomic mass is 10.2. The van der Waals surface area contributed by atoms with Crippen LogP contribution in [0.15, 0.2) is 53.8 Å². The van der Waals surface area contributed by atoms with Gasteiger partial charge in [0.25, 0.3) is 5.56 Å². The number of H-pyrrole nitrogens is 1. The van der Waals surface area contributed by atoms with Gasteiger partial charge in [0.15, 0.2) is 0 Å². The zero-order valence-corrected chi connectivity index (χ0v) is 13.2. The normalized spacial score (nSPS) is 11.2. The van der Waals surface area contributed by atoms with Crippen molar-refractivity contribution in [3.05, 3.63) is 65.0 Å². The minimum atomic E-state index is -0.0917. The van der Waals surface area contributed by atoms with Crippen molar-refractivity contribution in [1.29, 1.82) is 0 Å². The standard InChI is InChI=1S/C18H16N4O2/c1-2-24-13-3-4-15-14(9-13)16-17(21-15)18(23)22(11-20-16)10-12-5-7-19-8-6-12/h3-9,11,21H,2,10H2,1H3. The van der Waals surface area contributed by atoms with Crippen LogP contribution in [0.25, 0.3) is 21.9 Å². The fourth-order valence-corrected chi connectivity index (χ4v) is 2.82. The number of nitrogens with one attached hydrogen (secondary N) is 1.